The van der Waals surface area contributed by atoms with Gasteiger partial charge in [0, 0.05) is 18.3 Å². The van der Waals surface area contributed by atoms with Crippen molar-refractivity contribution >= 4 is 23.4 Å². The summed E-state index contributed by atoms with van der Waals surface area (Å²) in [6.07, 6.45) is 1.15. The summed E-state index contributed by atoms with van der Waals surface area (Å²) >= 11 is 1.95. The molecule has 1 N–H and O–H groups in total. The molecule has 1 unspecified atom stereocenters. The number of carboxylic acids is 1. The molecule has 0 aliphatic carbocycles. The van der Waals surface area contributed by atoms with E-state index in [1.807, 2.05) is 23.9 Å². The molecular formula is C13H17NO2S. The number of benzene rings is 1. The number of hydrogen-bond donors (Lipinski definition) is 1. The maximum absolute atomic E-state index is 11.2. The molecule has 0 spiro atoms. The van der Waals surface area contributed by atoms with Crippen molar-refractivity contribution in [1.29, 1.82) is 0 Å². The van der Waals surface area contributed by atoms with Crippen molar-refractivity contribution in [2.75, 3.05) is 23.0 Å². The highest BCUT2D eigenvalue weighted by Gasteiger charge is 2.24. The van der Waals surface area contributed by atoms with Gasteiger partial charge in [0.05, 0.1) is 11.3 Å². The van der Waals surface area contributed by atoms with E-state index in [1.165, 1.54) is 5.75 Å². The minimum absolute atomic E-state index is 0.409. The van der Waals surface area contributed by atoms with Crippen molar-refractivity contribution < 1.29 is 9.90 Å². The Kier molecular flexibility index (Phi) is 3.94. The van der Waals surface area contributed by atoms with Crippen LogP contribution in [-0.2, 0) is 0 Å². The van der Waals surface area contributed by atoms with E-state index in [2.05, 4.69) is 11.8 Å². The highest BCUT2D eigenvalue weighted by molar-refractivity contribution is 7.99. The van der Waals surface area contributed by atoms with E-state index in [9.17, 15) is 9.90 Å². The average molecular weight is 251 g/mol. The SMILES string of the molecule is CCN(c1ccccc1C(=O)O)C1CCSC1. The second-order valence-corrected chi connectivity index (χ2v) is 5.28. The molecule has 0 aromatic heterocycles. The van der Waals surface area contributed by atoms with E-state index in [0.29, 0.717) is 11.6 Å². The molecule has 0 bridgehead atoms. The van der Waals surface area contributed by atoms with Gasteiger partial charge in [0.15, 0.2) is 0 Å². The number of nitrogens with zero attached hydrogens (tertiary/aromatic N) is 1. The topological polar surface area (TPSA) is 40.5 Å². The Bertz CT molecular complexity index is 402. The maximum atomic E-state index is 11.2. The number of aromatic carboxylic acids is 1. The number of carboxylic acid groups (broad SMARTS) is 1. The molecule has 17 heavy (non-hydrogen) atoms. The standard InChI is InChI=1S/C13H17NO2S/c1-2-14(10-7-8-17-9-10)12-6-4-3-5-11(12)13(15)16/h3-6,10H,2,7-9H2,1H3,(H,15,16). The third-order valence-electron chi connectivity index (χ3n) is 3.13. The van der Waals surface area contributed by atoms with Gasteiger partial charge in [-0.1, -0.05) is 12.1 Å². The van der Waals surface area contributed by atoms with Crippen LogP contribution in [0.1, 0.15) is 23.7 Å². The van der Waals surface area contributed by atoms with Crippen molar-refractivity contribution in [2.24, 2.45) is 0 Å². The van der Waals surface area contributed by atoms with E-state index in [4.69, 9.17) is 0 Å². The van der Waals surface area contributed by atoms with Crippen molar-refractivity contribution in [3.8, 4) is 0 Å². The Morgan fingerprint density at radius 2 is 2.29 bits per heavy atom. The maximum Gasteiger partial charge on any atom is 0.337 e. The van der Waals surface area contributed by atoms with Crippen LogP contribution >= 0.6 is 11.8 Å². The fourth-order valence-electron chi connectivity index (χ4n) is 2.30. The summed E-state index contributed by atoms with van der Waals surface area (Å²) in [7, 11) is 0. The Morgan fingerprint density at radius 3 is 2.88 bits per heavy atom. The van der Waals surface area contributed by atoms with Crippen LogP contribution in [0.5, 0.6) is 0 Å². The zero-order chi connectivity index (χ0) is 12.3. The molecule has 1 atom stereocenters. The van der Waals surface area contributed by atoms with Crippen LogP contribution in [0.15, 0.2) is 24.3 Å². The van der Waals surface area contributed by atoms with Gasteiger partial charge in [-0.2, -0.15) is 11.8 Å². The number of thioether (sulfide) groups is 1. The first kappa shape index (κ1) is 12.3. The number of anilines is 1. The molecule has 1 aromatic rings. The van der Waals surface area contributed by atoms with Crippen molar-refractivity contribution in [3.05, 3.63) is 29.8 Å². The van der Waals surface area contributed by atoms with Crippen LogP contribution < -0.4 is 4.90 Å². The third-order valence-corrected chi connectivity index (χ3v) is 4.28. The van der Waals surface area contributed by atoms with E-state index in [0.717, 1.165) is 24.4 Å². The van der Waals surface area contributed by atoms with Gasteiger partial charge in [-0.15, -0.1) is 0 Å². The Morgan fingerprint density at radius 1 is 1.53 bits per heavy atom. The fourth-order valence-corrected chi connectivity index (χ4v) is 3.52. The molecule has 1 fully saturated rings. The number of para-hydroxylation sites is 1. The van der Waals surface area contributed by atoms with Gasteiger partial charge in [0.1, 0.15) is 0 Å². The van der Waals surface area contributed by atoms with Crippen LogP contribution in [0.25, 0.3) is 0 Å². The lowest BCUT2D eigenvalue weighted by Crippen LogP contribution is -2.36. The molecule has 0 radical (unpaired) electrons. The van der Waals surface area contributed by atoms with Crippen LogP contribution in [0.2, 0.25) is 0 Å². The van der Waals surface area contributed by atoms with Gasteiger partial charge < -0.3 is 10.0 Å². The van der Waals surface area contributed by atoms with Crippen molar-refractivity contribution in [1.82, 2.24) is 0 Å². The number of hydrogen-bond acceptors (Lipinski definition) is 3. The van der Waals surface area contributed by atoms with E-state index < -0.39 is 5.97 Å². The summed E-state index contributed by atoms with van der Waals surface area (Å²) in [6.45, 7) is 2.94. The van der Waals surface area contributed by atoms with Crippen LogP contribution in [0, 0.1) is 0 Å². The highest BCUT2D eigenvalue weighted by atomic mass is 32.2. The molecule has 0 saturated carbocycles. The van der Waals surface area contributed by atoms with Crippen LogP contribution in [0.3, 0.4) is 0 Å². The zero-order valence-corrected chi connectivity index (χ0v) is 10.7. The number of rotatable bonds is 4. The Labute approximate surface area is 106 Å². The van der Waals surface area contributed by atoms with E-state index in [1.54, 1.807) is 12.1 Å². The first-order chi connectivity index (χ1) is 8.24. The first-order valence-electron chi connectivity index (χ1n) is 5.90. The number of carbonyl (C=O) groups is 1. The summed E-state index contributed by atoms with van der Waals surface area (Å²) in [5.41, 5.74) is 1.27. The minimum atomic E-state index is -0.843. The van der Waals surface area contributed by atoms with Crippen molar-refractivity contribution in [2.45, 2.75) is 19.4 Å². The molecule has 2 rings (SSSR count). The summed E-state index contributed by atoms with van der Waals surface area (Å²) in [5, 5.41) is 9.22. The van der Waals surface area contributed by atoms with Crippen LogP contribution in [-0.4, -0.2) is 35.2 Å². The molecule has 92 valence electrons. The fraction of sp³-hybridized carbons (Fsp3) is 0.462. The molecule has 1 aliphatic heterocycles. The van der Waals surface area contributed by atoms with E-state index in [-0.39, 0.29) is 0 Å². The monoisotopic (exact) mass is 251 g/mol. The predicted octanol–water partition coefficient (Wildman–Crippen LogP) is 2.72. The Balaban J connectivity index is 2.32. The molecule has 1 aliphatic rings. The summed E-state index contributed by atoms with van der Waals surface area (Å²) < 4.78 is 0. The third kappa shape index (κ3) is 2.57. The first-order valence-corrected chi connectivity index (χ1v) is 7.06. The molecular weight excluding hydrogens is 234 g/mol. The largest absolute Gasteiger partial charge is 0.478 e. The Hall–Kier alpha value is -1.16. The summed E-state index contributed by atoms with van der Waals surface area (Å²) in [4.78, 5) is 13.5. The lowest BCUT2D eigenvalue weighted by Gasteiger charge is -2.30. The van der Waals surface area contributed by atoms with Gasteiger partial charge in [-0.3, -0.25) is 0 Å². The molecule has 1 heterocycles. The molecule has 3 nitrogen and oxygen atoms in total. The second-order valence-electron chi connectivity index (χ2n) is 4.13. The summed E-state index contributed by atoms with van der Waals surface area (Å²) in [5.74, 6) is 1.43. The smallest absolute Gasteiger partial charge is 0.337 e. The molecule has 4 heteroatoms. The van der Waals surface area contributed by atoms with Gasteiger partial charge in [-0.25, -0.2) is 4.79 Å². The quantitative estimate of drug-likeness (QED) is 0.893. The minimum Gasteiger partial charge on any atom is -0.478 e. The van der Waals surface area contributed by atoms with Gasteiger partial charge in [0.25, 0.3) is 0 Å². The highest BCUT2D eigenvalue weighted by Crippen LogP contribution is 2.29. The lowest BCUT2D eigenvalue weighted by atomic mass is 10.1. The lowest BCUT2D eigenvalue weighted by molar-refractivity contribution is 0.0697. The molecule has 1 aromatic carbocycles. The predicted molar refractivity (Wildman–Crippen MR) is 72.2 cm³/mol. The van der Waals surface area contributed by atoms with Gasteiger partial charge >= 0.3 is 5.97 Å². The second kappa shape index (κ2) is 5.45. The van der Waals surface area contributed by atoms with Crippen LogP contribution in [0.4, 0.5) is 5.69 Å². The molecule has 1 saturated heterocycles. The van der Waals surface area contributed by atoms with Gasteiger partial charge in [0.2, 0.25) is 0 Å². The van der Waals surface area contributed by atoms with Crippen molar-refractivity contribution in [3.63, 3.8) is 0 Å². The van der Waals surface area contributed by atoms with E-state index >= 15 is 0 Å². The summed E-state index contributed by atoms with van der Waals surface area (Å²) in [6, 6.07) is 7.76. The average Bonchev–Trinajstić information content (AvgIpc) is 2.84. The van der Waals surface area contributed by atoms with Gasteiger partial charge in [-0.05, 0) is 31.2 Å². The normalized spacial score (nSPS) is 19.2. The molecule has 0 amide bonds. The zero-order valence-electron chi connectivity index (χ0n) is 9.93.